The van der Waals surface area contributed by atoms with Gasteiger partial charge in [-0.25, -0.2) is 8.78 Å². The van der Waals surface area contributed by atoms with Gasteiger partial charge in [-0.15, -0.1) is 0 Å². The van der Waals surface area contributed by atoms with Crippen molar-refractivity contribution in [1.82, 2.24) is 5.43 Å². The number of hydrogen-bond acceptors (Lipinski definition) is 2. The van der Waals surface area contributed by atoms with Crippen LogP contribution in [0, 0.1) is 18.6 Å². The lowest BCUT2D eigenvalue weighted by molar-refractivity contribution is 0.578. The molecule has 0 aliphatic heterocycles. The lowest BCUT2D eigenvalue weighted by Crippen LogP contribution is -2.25. The van der Waals surface area contributed by atoms with Gasteiger partial charge in [0.2, 0.25) is 0 Å². The number of thiocarbonyl (C=S) groups is 1. The molecule has 6 heteroatoms. The Balaban J connectivity index is 2.04. The molecule has 2 aromatic carbocycles. The van der Waals surface area contributed by atoms with E-state index in [1.807, 2.05) is 31.2 Å². The Bertz CT molecular complexity index is 692. The van der Waals surface area contributed by atoms with E-state index in [1.54, 1.807) is 0 Å². The highest BCUT2D eigenvalue weighted by Gasteiger charge is 2.11. The maximum absolute atomic E-state index is 13.6. The fourth-order valence-corrected chi connectivity index (χ4v) is 1.99. The van der Waals surface area contributed by atoms with Gasteiger partial charge in [0, 0.05) is 5.69 Å². The van der Waals surface area contributed by atoms with Crippen LogP contribution in [0.15, 0.2) is 47.6 Å². The van der Waals surface area contributed by atoms with Gasteiger partial charge in [0.05, 0.1) is 11.3 Å². The van der Waals surface area contributed by atoms with E-state index in [9.17, 15) is 8.78 Å². The molecule has 22 heavy (non-hydrogen) atoms. The third-order valence-electron chi connectivity index (χ3n) is 2.96. The van der Waals surface area contributed by atoms with Gasteiger partial charge in [-0.3, -0.25) is 5.43 Å². The quantitative estimate of drug-likeness (QED) is 0.510. The van der Waals surface area contributed by atoms with Crippen LogP contribution in [-0.2, 0) is 0 Å². The van der Waals surface area contributed by atoms with E-state index in [4.69, 9.17) is 12.2 Å². The maximum Gasteiger partial charge on any atom is 0.191 e. The lowest BCUT2D eigenvalue weighted by Gasteiger charge is -2.09. The minimum absolute atomic E-state index is 0.170. The van der Waals surface area contributed by atoms with E-state index < -0.39 is 11.6 Å². The van der Waals surface area contributed by atoms with Crippen molar-refractivity contribution in [1.29, 1.82) is 0 Å². The number of rotatable bonds is 3. The summed E-state index contributed by atoms with van der Waals surface area (Å²) >= 11 is 5.09. The van der Waals surface area contributed by atoms with Crippen LogP contribution in [-0.4, -0.2) is 10.8 Å². The summed E-state index contributed by atoms with van der Waals surface area (Å²) in [4.78, 5) is 0. The molecule has 2 N–H and O–H groups in total. The summed E-state index contributed by atoms with van der Waals surface area (Å²) in [6, 6.07) is 11.3. The Labute approximate surface area is 133 Å². The van der Waals surface area contributed by atoms with Gasteiger partial charge in [-0.2, -0.15) is 5.10 Å². The van der Waals surface area contributed by atoms with E-state index in [1.165, 1.54) is 25.1 Å². The Morgan fingerprint density at radius 1 is 1.05 bits per heavy atom. The molecule has 0 heterocycles. The van der Waals surface area contributed by atoms with Crippen LogP contribution in [0.3, 0.4) is 0 Å². The van der Waals surface area contributed by atoms with Crippen LogP contribution in [0.5, 0.6) is 0 Å². The highest BCUT2D eigenvalue weighted by atomic mass is 32.1. The molecule has 0 atom stereocenters. The minimum Gasteiger partial charge on any atom is -0.331 e. The van der Waals surface area contributed by atoms with Crippen LogP contribution in [0.25, 0.3) is 0 Å². The molecule has 0 unspecified atom stereocenters. The third kappa shape index (κ3) is 4.08. The van der Waals surface area contributed by atoms with Crippen LogP contribution in [0.1, 0.15) is 18.1 Å². The molecule has 0 spiro atoms. The molecular formula is C16H15F2N3S. The van der Waals surface area contributed by atoms with Crippen molar-refractivity contribution < 1.29 is 8.78 Å². The second-order valence-corrected chi connectivity index (χ2v) is 5.13. The smallest absolute Gasteiger partial charge is 0.191 e. The van der Waals surface area contributed by atoms with E-state index in [0.29, 0.717) is 0 Å². The first kappa shape index (κ1) is 16.0. The van der Waals surface area contributed by atoms with Crippen molar-refractivity contribution in [2.75, 3.05) is 5.32 Å². The Morgan fingerprint density at radius 2 is 1.64 bits per heavy atom. The Hall–Kier alpha value is -2.34. The van der Waals surface area contributed by atoms with Gasteiger partial charge < -0.3 is 5.32 Å². The SMILES string of the molecule is C/C(=N/NC(=S)Nc1ccc(C)cc1)c1c(F)cccc1F. The largest absolute Gasteiger partial charge is 0.331 e. The number of benzene rings is 2. The van der Waals surface area contributed by atoms with Crippen LogP contribution >= 0.6 is 12.2 Å². The number of aryl methyl sites for hydroxylation is 1. The average Bonchev–Trinajstić information content (AvgIpc) is 2.47. The summed E-state index contributed by atoms with van der Waals surface area (Å²) in [5.41, 5.74) is 4.50. The first-order chi connectivity index (χ1) is 10.5. The first-order valence-corrected chi connectivity index (χ1v) is 7.00. The van der Waals surface area contributed by atoms with Gasteiger partial charge in [-0.05, 0) is 50.3 Å². The van der Waals surface area contributed by atoms with E-state index in [0.717, 1.165) is 11.3 Å². The number of hydrogen-bond donors (Lipinski definition) is 2. The van der Waals surface area contributed by atoms with Crippen molar-refractivity contribution in [2.45, 2.75) is 13.8 Å². The number of halogens is 2. The maximum atomic E-state index is 13.6. The first-order valence-electron chi connectivity index (χ1n) is 6.59. The second-order valence-electron chi connectivity index (χ2n) is 4.73. The van der Waals surface area contributed by atoms with Gasteiger partial charge in [0.15, 0.2) is 5.11 Å². The van der Waals surface area contributed by atoms with E-state index in [2.05, 4.69) is 15.8 Å². The molecule has 0 saturated heterocycles. The molecule has 0 radical (unpaired) electrons. The topological polar surface area (TPSA) is 36.4 Å². The highest BCUT2D eigenvalue weighted by Crippen LogP contribution is 2.13. The molecule has 0 amide bonds. The van der Waals surface area contributed by atoms with Crippen LogP contribution < -0.4 is 10.7 Å². The third-order valence-corrected chi connectivity index (χ3v) is 3.15. The average molecular weight is 319 g/mol. The molecule has 0 fully saturated rings. The minimum atomic E-state index is -0.666. The molecule has 114 valence electrons. The molecule has 2 rings (SSSR count). The summed E-state index contributed by atoms with van der Waals surface area (Å²) in [6.45, 7) is 3.49. The zero-order valence-electron chi connectivity index (χ0n) is 12.2. The molecule has 0 aromatic heterocycles. The Morgan fingerprint density at radius 3 is 2.23 bits per heavy atom. The molecule has 0 bridgehead atoms. The zero-order valence-corrected chi connectivity index (χ0v) is 13.0. The predicted octanol–water partition coefficient (Wildman–Crippen LogP) is 3.98. The molecule has 0 aliphatic carbocycles. The van der Waals surface area contributed by atoms with Crippen molar-refractivity contribution in [3.8, 4) is 0 Å². The molecule has 2 aromatic rings. The summed E-state index contributed by atoms with van der Waals surface area (Å²) in [5.74, 6) is -1.33. The summed E-state index contributed by atoms with van der Waals surface area (Å²) in [7, 11) is 0. The van der Waals surface area contributed by atoms with Crippen molar-refractivity contribution in [3.63, 3.8) is 0 Å². The molecule has 3 nitrogen and oxygen atoms in total. The molecular weight excluding hydrogens is 304 g/mol. The fourth-order valence-electron chi connectivity index (χ4n) is 1.83. The Kier molecular flexibility index (Phi) is 5.16. The van der Waals surface area contributed by atoms with Gasteiger partial charge >= 0.3 is 0 Å². The standard InChI is InChI=1S/C16H15F2N3S/c1-10-6-8-12(9-7-10)19-16(22)21-20-11(2)15-13(17)4-3-5-14(15)18/h3-9H,1-2H3,(H2,19,21,22)/b20-11-. The molecule has 0 aliphatic rings. The molecule has 0 saturated carbocycles. The number of hydrazone groups is 1. The van der Waals surface area contributed by atoms with Gasteiger partial charge in [-0.1, -0.05) is 23.8 Å². The number of nitrogens with one attached hydrogen (secondary N) is 2. The van der Waals surface area contributed by atoms with Crippen LogP contribution in [0.4, 0.5) is 14.5 Å². The lowest BCUT2D eigenvalue weighted by atomic mass is 10.1. The van der Waals surface area contributed by atoms with Gasteiger partial charge in [0.1, 0.15) is 11.6 Å². The highest BCUT2D eigenvalue weighted by molar-refractivity contribution is 7.80. The predicted molar refractivity (Wildman–Crippen MR) is 89.1 cm³/mol. The zero-order chi connectivity index (χ0) is 16.1. The summed E-state index contributed by atoms with van der Waals surface area (Å²) in [6.07, 6.45) is 0. The van der Waals surface area contributed by atoms with Crippen molar-refractivity contribution in [3.05, 3.63) is 65.2 Å². The van der Waals surface area contributed by atoms with Gasteiger partial charge in [0.25, 0.3) is 0 Å². The van der Waals surface area contributed by atoms with E-state index in [-0.39, 0.29) is 16.4 Å². The number of anilines is 1. The second kappa shape index (κ2) is 7.09. The summed E-state index contributed by atoms with van der Waals surface area (Å²) in [5, 5.41) is 7.08. The van der Waals surface area contributed by atoms with Crippen molar-refractivity contribution in [2.24, 2.45) is 5.10 Å². The summed E-state index contributed by atoms with van der Waals surface area (Å²) < 4.78 is 27.2. The van der Waals surface area contributed by atoms with Crippen LogP contribution in [0.2, 0.25) is 0 Å². The normalized spacial score (nSPS) is 11.2. The fraction of sp³-hybridized carbons (Fsp3) is 0.125. The van der Waals surface area contributed by atoms with E-state index >= 15 is 0 Å². The number of nitrogens with zero attached hydrogens (tertiary/aromatic N) is 1. The monoisotopic (exact) mass is 319 g/mol. The van der Waals surface area contributed by atoms with Crippen molar-refractivity contribution >= 4 is 28.7 Å².